The largest absolute Gasteiger partial charge is 0.496 e. The number of nitrogens with one attached hydrogen (secondary N) is 1. The Bertz CT molecular complexity index is 707. The summed E-state index contributed by atoms with van der Waals surface area (Å²) in [5.74, 6) is 0.747. The van der Waals surface area contributed by atoms with Gasteiger partial charge >= 0.3 is 0 Å². The third kappa shape index (κ3) is 3.14. The molecule has 0 aliphatic heterocycles. The maximum absolute atomic E-state index is 12.3. The molecule has 0 saturated carbocycles. The summed E-state index contributed by atoms with van der Waals surface area (Å²) in [4.78, 5) is 12.3. The normalized spacial score (nSPS) is 12.8. The molecule has 2 aromatic rings. The van der Waals surface area contributed by atoms with Gasteiger partial charge in [-0.2, -0.15) is 0 Å². The minimum Gasteiger partial charge on any atom is -0.496 e. The van der Waals surface area contributed by atoms with Crippen LogP contribution in [0.1, 0.15) is 28.7 Å². The molecule has 0 heterocycles. The predicted molar refractivity (Wildman–Crippen MR) is 88.5 cm³/mol. The zero-order valence-electron chi connectivity index (χ0n) is 13.1. The van der Waals surface area contributed by atoms with E-state index in [0.29, 0.717) is 6.42 Å². The topological polar surface area (TPSA) is 38.3 Å². The predicted octanol–water partition coefficient (Wildman–Crippen LogP) is 3.67. The summed E-state index contributed by atoms with van der Waals surface area (Å²) < 4.78 is 5.33. The number of amides is 1. The summed E-state index contributed by atoms with van der Waals surface area (Å²) >= 11 is 0. The number of hydrogen-bond acceptors (Lipinski definition) is 2. The van der Waals surface area contributed by atoms with Crippen LogP contribution in [0.2, 0.25) is 0 Å². The highest BCUT2D eigenvalue weighted by Gasteiger charge is 2.13. The number of methoxy groups -OCH3 is 1. The number of aryl methyl sites for hydroxylation is 3. The summed E-state index contributed by atoms with van der Waals surface area (Å²) in [5, 5.41) is 3.00. The quantitative estimate of drug-likeness (QED) is 0.934. The number of carbonyl (C=O) groups is 1. The Morgan fingerprint density at radius 2 is 1.95 bits per heavy atom. The number of rotatable bonds is 4. The van der Waals surface area contributed by atoms with Crippen molar-refractivity contribution in [3.8, 4) is 5.75 Å². The summed E-state index contributed by atoms with van der Waals surface area (Å²) in [6.07, 6.45) is 3.81. The van der Waals surface area contributed by atoms with Crippen LogP contribution in [0.15, 0.2) is 36.4 Å². The molecule has 0 bridgehead atoms. The van der Waals surface area contributed by atoms with Crippen LogP contribution in [0.3, 0.4) is 0 Å². The second-order valence-corrected chi connectivity index (χ2v) is 5.88. The van der Waals surface area contributed by atoms with E-state index in [1.54, 1.807) is 7.11 Å². The molecule has 1 N–H and O–H groups in total. The van der Waals surface area contributed by atoms with Gasteiger partial charge in [0.25, 0.3) is 0 Å². The number of carbonyl (C=O) groups excluding carboxylic acids is 1. The van der Waals surface area contributed by atoms with Crippen LogP contribution >= 0.6 is 0 Å². The van der Waals surface area contributed by atoms with E-state index in [-0.39, 0.29) is 5.91 Å². The van der Waals surface area contributed by atoms with Crippen molar-refractivity contribution >= 4 is 11.6 Å². The fourth-order valence-electron chi connectivity index (χ4n) is 3.07. The second kappa shape index (κ2) is 6.22. The van der Waals surface area contributed by atoms with Crippen LogP contribution in [0.4, 0.5) is 5.69 Å². The SMILES string of the molecule is COc1ccc(C)cc1CC(=O)Nc1ccc2c(c1)CCC2. The van der Waals surface area contributed by atoms with Gasteiger partial charge in [0.2, 0.25) is 5.91 Å². The summed E-state index contributed by atoms with van der Waals surface area (Å²) in [6.45, 7) is 2.02. The molecule has 1 amide bonds. The lowest BCUT2D eigenvalue weighted by Gasteiger charge is -2.11. The molecule has 0 fully saturated rings. The van der Waals surface area contributed by atoms with Crippen LogP contribution in [0, 0.1) is 6.92 Å². The molecule has 0 radical (unpaired) electrons. The molecular formula is C19H21NO2. The molecule has 114 valence electrons. The smallest absolute Gasteiger partial charge is 0.228 e. The average molecular weight is 295 g/mol. The van der Waals surface area contributed by atoms with Gasteiger partial charge < -0.3 is 10.1 Å². The maximum Gasteiger partial charge on any atom is 0.228 e. The molecule has 2 aromatic carbocycles. The maximum atomic E-state index is 12.3. The summed E-state index contributed by atoms with van der Waals surface area (Å²) in [6, 6.07) is 12.1. The fourth-order valence-corrected chi connectivity index (χ4v) is 3.07. The van der Waals surface area contributed by atoms with Gasteiger partial charge in [-0.1, -0.05) is 23.8 Å². The van der Waals surface area contributed by atoms with Crippen molar-refractivity contribution in [3.63, 3.8) is 0 Å². The fraction of sp³-hybridized carbons (Fsp3) is 0.316. The molecule has 0 aromatic heterocycles. The molecule has 3 heteroatoms. The number of benzene rings is 2. The number of hydrogen-bond donors (Lipinski definition) is 1. The Labute approximate surface area is 131 Å². The first-order valence-electron chi connectivity index (χ1n) is 7.71. The number of ether oxygens (including phenoxy) is 1. The Hall–Kier alpha value is -2.29. The molecule has 3 nitrogen and oxygen atoms in total. The molecule has 0 atom stereocenters. The lowest BCUT2D eigenvalue weighted by molar-refractivity contribution is -0.115. The standard InChI is InChI=1S/C19H21NO2/c1-13-6-9-18(22-2)16(10-13)12-19(21)20-17-8-7-14-4-3-5-15(14)11-17/h6-11H,3-5,12H2,1-2H3,(H,20,21). The van der Waals surface area contributed by atoms with Gasteiger partial charge in [-0.25, -0.2) is 0 Å². The third-order valence-corrected chi connectivity index (χ3v) is 4.17. The van der Waals surface area contributed by atoms with Crippen molar-refractivity contribution < 1.29 is 9.53 Å². The van der Waals surface area contributed by atoms with Gasteiger partial charge in [0.05, 0.1) is 13.5 Å². The Morgan fingerprint density at radius 1 is 1.14 bits per heavy atom. The lowest BCUT2D eigenvalue weighted by atomic mass is 10.1. The van der Waals surface area contributed by atoms with Gasteiger partial charge in [-0.3, -0.25) is 4.79 Å². The minimum atomic E-state index is -0.0122. The van der Waals surface area contributed by atoms with Crippen molar-refractivity contribution in [1.82, 2.24) is 0 Å². The van der Waals surface area contributed by atoms with Gasteiger partial charge in [-0.15, -0.1) is 0 Å². The van der Waals surface area contributed by atoms with Crippen LogP contribution in [0.25, 0.3) is 0 Å². The molecule has 0 saturated heterocycles. The van der Waals surface area contributed by atoms with Crippen molar-refractivity contribution in [2.24, 2.45) is 0 Å². The van der Waals surface area contributed by atoms with Crippen molar-refractivity contribution in [2.45, 2.75) is 32.6 Å². The monoisotopic (exact) mass is 295 g/mol. The van der Waals surface area contributed by atoms with Crippen molar-refractivity contribution in [1.29, 1.82) is 0 Å². The third-order valence-electron chi connectivity index (χ3n) is 4.17. The first-order valence-corrected chi connectivity index (χ1v) is 7.71. The molecule has 22 heavy (non-hydrogen) atoms. The van der Waals surface area contributed by atoms with E-state index in [4.69, 9.17) is 4.74 Å². The van der Waals surface area contributed by atoms with E-state index in [9.17, 15) is 4.79 Å². The number of anilines is 1. The van der Waals surface area contributed by atoms with E-state index >= 15 is 0 Å². The van der Waals surface area contributed by atoms with Gasteiger partial charge in [0.15, 0.2) is 0 Å². The molecule has 1 aliphatic carbocycles. The van der Waals surface area contributed by atoms with E-state index in [0.717, 1.165) is 35.4 Å². The van der Waals surface area contributed by atoms with E-state index in [1.807, 2.05) is 31.2 Å². The highest BCUT2D eigenvalue weighted by Crippen LogP contribution is 2.25. The Kier molecular flexibility index (Phi) is 4.14. The van der Waals surface area contributed by atoms with Crippen molar-refractivity contribution in [2.75, 3.05) is 12.4 Å². The molecule has 0 spiro atoms. The first-order chi connectivity index (χ1) is 10.7. The first kappa shape index (κ1) is 14.6. The van der Waals surface area contributed by atoms with Crippen LogP contribution < -0.4 is 10.1 Å². The zero-order chi connectivity index (χ0) is 15.5. The molecule has 3 rings (SSSR count). The zero-order valence-corrected chi connectivity index (χ0v) is 13.1. The van der Waals surface area contributed by atoms with Crippen molar-refractivity contribution in [3.05, 3.63) is 58.7 Å². The van der Waals surface area contributed by atoms with Crippen LogP contribution in [0.5, 0.6) is 5.75 Å². The second-order valence-electron chi connectivity index (χ2n) is 5.88. The van der Waals surface area contributed by atoms with Gasteiger partial charge in [-0.05, 0) is 55.5 Å². The van der Waals surface area contributed by atoms with E-state index in [2.05, 4.69) is 17.4 Å². The van der Waals surface area contributed by atoms with Gasteiger partial charge in [0, 0.05) is 11.3 Å². The van der Waals surface area contributed by atoms with E-state index < -0.39 is 0 Å². The van der Waals surface area contributed by atoms with E-state index in [1.165, 1.54) is 17.5 Å². The summed E-state index contributed by atoms with van der Waals surface area (Å²) in [5.41, 5.74) is 5.71. The molecule has 0 unspecified atom stereocenters. The number of fused-ring (bicyclic) bond motifs is 1. The van der Waals surface area contributed by atoms with Crippen LogP contribution in [-0.4, -0.2) is 13.0 Å². The Balaban J connectivity index is 1.71. The minimum absolute atomic E-state index is 0.0122. The molecule has 1 aliphatic rings. The molecular weight excluding hydrogens is 274 g/mol. The average Bonchev–Trinajstić information content (AvgIpc) is 2.95. The lowest BCUT2D eigenvalue weighted by Crippen LogP contribution is -2.15. The summed E-state index contributed by atoms with van der Waals surface area (Å²) in [7, 11) is 1.63. The van der Waals surface area contributed by atoms with Gasteiger partial charge in [0.1, 0.15) is 5.75 Å². The highest BCUT2D eigenvalue weighted by molar-refractivity contribution is 5.92. The highest BCUT2D eigenvalue weighted by atomic mass is 16.5. The van der Waals surface area contributed by atoms with Crippen LogP contribution in [-0.2, 0) is 24.1 Å². The Morgan fingerprint density at radius 3 is 2.77 bits per heavy atom.